The van der Waals surface area contributed by atoms with Gasteiger partial charge in [-0.2, -0.15) is 9.78 Å². The number of nitrogens with zero attached hydrogens (tertiary/aromatic N) is 2. The smallest absolute Gasteiger partial charge is 0.292 e. The van der Waals surface area contributed by atoms with Crippen molar-refractivity contribution in [2.75, 3.05) is 17.2 Å². The monoisotopic (exact) mass is 390 g/mol. The molecule has 0 saturated carbocycles. The lowest BCUT2D eigenvalue weighted by molar-refractivity contribution is -0.114. The van der Waals surface area contributed by atoms with E-state index < -0.39 is 23.1 Å². The van der Waals surface area contributed by atoms with Crippen LogP contribution >= 0.6 is 11.6 Å². The number of amides is 1. The van der Waals surface area contributed by atoms with Crippen LogP contribution < -0.4 is 16.2 Å². The van der Waals surface area contributed by atoms with Crippen molar-refractivity contribution in [2.24, 2.45) is 0 Å². The number of aromatic nitrogens is 2. The number of nitrogens with one attached hydrogen (secondary N) is 2. The summed E-state index contributed by atoms with van der Waals surface area (Å²) in [6.45, 7) is -0.255. The second-order valence-corrected chi connectivity index (χ2v) is 5.83. The van der Waals surface area contributed by atoms with Gasteiger partial charge in [0.25, 0.3) is 5.56 Å². The molecule has 0 unspecified atom stereocenters. The van der Waals surface area contributed by atoms with Gasteiger partial charge in [-0.15, -0.1) is 0 Å². The zero-order valence-corrected chi connectivity index (χ0v) is 14.5. The first-order valence-corrected chi connectivity index (χ1v) is 8.15. The fourth-order valence-electron chi connectivity index (χ4n) is 2.26. The Balaban J connectivity index is 1.69. The van der Waals surface area contributed by atoms with Crippen LogP contribution in [0.4, 0.5) is 20.2 Å². The number of rotatable bonds is 5. The van der Waals surface area contributed by atoms with E-state index in [1.165, 1.54) is 12.3 Å². The number of hydrogen-bond acceptors (Lipinski definition) is 4. The van der Waals surface area contributed by atoms with Crippen molar-refractivity contribution in [1.29, 1.82) is 0 Å². The molecule has 0 spiro atoms. The van der Waals surface area contributed by atoms with Gasteiger partial charge in [0, 0.05) is 11.8 Å². The minimum absolute atomic E-state index is 0.101. The molecular formula is C18H13ClF2N4O2. The lowest BCUT2D eigenvalue weighted by Crippen LogP contribution is -2.26. The van der Waals surface area contributed by atoms with E-state index in [-0.39, 0.29) is 22.9 Å². The Morgan fingerprint density at radius 3 is 2.56 bits per heavy atom. The van der Waals surface area contributed by atoms with Crippen LogP contribution in [-0.2, 0) is 4.79 Å². The van der Waals surface area contributed by atoms with Crippen LogP contribution in [0.2, 0.25) is 5.02 Å². The molecule has 2 N–H and O–H groups in total. The van der Waals surface area contributed by atoms with E-state index in [0.29, 0.717) is 5.69 Å². The second kappa shape index (κ2) is 7.96. The predicted molar refractivity (Wildman–Crippen MR) is 98.3 cm³/mol. The number of carbonyl (C=O) groups is 1. The standard InChI is InChI=1S/C18H13ClF2N4O2/c19-17-15(9-23-25(18(17)27)12-4-2-1-3-5-12)22-10-16(26)24-11-6-7-13(20)14(21)8-11/h1-9,22H,10H2,(H,24,26). The molecule has 1 amide bonds. The van der Waals surface area contributed by atoms with Gasteiger partial charge in [0.05, 0.1) is 24.1 Å². The molecule has 0 fully saturated rings. The Kier molecular flexibility index (Phi) is 5.46. The molecule has 2 aromatic carbocycles. The quantitative estimate of drug-likeness (QED) is 0.701. The first-order valence-electron chi connectivity index (χ1n) is 7.78. The molecule has 1 aromatic heterocycles. The normalized spacial score (nSPS) is 10.5. The average molecular weight is 391 g/mol. The molecule has 1 heterocycles. The van der Waals surface area contributed by atoms with E-state index >= 15 is 0 Å². The first-order chi connectivity index (χ1) is 13.0. The molecular weight excluding hydrogens is 378 g/mol. The van der Waals surface area contributed by atoms with Crippen molar-refractivity contribution >= 4 is 28.9 Å². The maximum absolute atomic E-state index is 13.2. The van der Waals surface area contributed by atoms with Crippen LogP contribution in [0.5, 0.6) is 0 Å². The van der Waals surface area contributed by atoms with Gasteiger partial charge < -0.3 is 10.6 Å². The minimum atomic E-state index is -1.07. The third kappa shape index (κ3) is 4.29. The summed E-state index contributed by atoms with van der Waals surface area (Å²) in [5, 5.41) is 8.98. The summed E-state index contributed by atoms with van der Waals surface area (Å²) in [6, 6.07) is 11.7. The molecule has 9 heteroatoms. The summed E-state index contributed by atoms with van der Waals surface area (Å²) in [4.78, 5) is 24.3. The molecule has 138 valence electrons. The van der Waals surface area contributed by atoms with Gasteiger partial charge in [0.2, 0.25) is 5.91 Å². The van der Waals surface area contributed by atoms with Gasteiger partial charge in [-0.05, 0) is 24.3 Å². The lowest BCUT2D eigenvalue weighted by atomic mass is 10.3. The summed E-state index contributed by atoms with van der Waals surface area (Å²) in [5.74, 6) is -2.62. The van der Waals surface area contributed by atoms with Crippen molar-refractivity contribution in [3.8, 4) is 5.69 Å². The largest absolute Gasteiger partial charge is 0.373 e. The van der Waals surface area contributed by atoms with Gasteiger partial charge >= 0.3 is 0 Å². The Morgan fingerprint density at radius 2 is 1.85 bits per heavy atom. The number of para-hydroxylation sites is 1. The van der Waals surface area contributed by atoms with Crippen LogP contribution in [0, 0.1) is 11.6 Å². The highest BCUT2D eigenvalue weighted by molar-refractivity contribution is 6.33. The van der Waals surface area contributed by atoms with E-state index in [9.17, 15) is 18.4 Å². The highest BCUT2D eigenvalue weighted by atomic mass is 35.5. The number of halogens is 3. The molecule has 3 rings (SSSR count). The second-order valence-electron chi connectivity index (χ2n) is 5.46. The molecule has 0 atom stereocenters. The molecule has 3 aromatic rings. The molecule has 0 aliphatic heterocycles. The molecule has 0 bridgehead atoms. The van der Waals surface area contributed by atoms with Gasteiger partial charge in [0.15, 0.2) is 11.6 Å². The number of hydrogen-bond donors (Lipinski definition) is 2. The Labute approximate surface area is 157 Å². The maximum atomic E-state index is 13.2. The minimum Gasteiger partial charge on any atom is -0.373 e. The highest BCUT2D eigenvalue weighted by Crippen LogP contribution is 2.17. The highest BCUT2D eigenvalue weighted by Gasteiger charge is 2.12. The molecule has 0 radical (unpaired) electrons. The van der Waals surface area contributed by atoms with Crippen LogP contribution in [0.3, 0.4) is 0 Å². The molecule has 0 saturated heterocycles. The predicted octanol–water partition coefficient (Wildman–Crippen LogP) is 3.21. The Hall–Kier alpha value is -3.26. The van der Waals surface area contributed by atoms with Gasteiger partial charge in [0.1, 0.15) is 5.02 Å². The number of anilines is 2. The summed E-state index contributed by atoms with van der Waals surface area (Å²) in [7, 11) is 0. The van der Waals surface area contributed by atoms with Crippen molar-refractivity contribution in [1.82, 2.24) is 9.78 Å². The van der Waals surface area contributed by atoms with E-state index in [4.69, 9.17) is 11.6 Å². The fourth-order valence-corrected chi connectivity index (χ4v) is 2.46. The molecule has 0 aliphatic rings. The average Bonchev–Trinajstić information content (AvgIpc) is 2.66. The maximum Gasteiger partial charge on any atom is 0.292 e. The van der Waals surface area contributed by atoms with Crippen molar-refractivity contribution in [3.63, 3.8) is 0 Å². The molecule has 0 aliphatic carbocycles. The third-order valence-corrected chi connectivity index (χ3v) is 3.93. The number of benzene rings is 2. The third-order valence-electron chi connectivity index (χ3n) is 3.56. The van der Waals surface area contributed by atoms with E-state index in [2.05, 4.69) is 15.7 Å². The lowest BCUT2D eigenvalue weighted by Gasteiger charge is -2.11. The summed E-state index contributed by atoms with van der Waals surface area (Å²) >= 11 is 6.07. The van der Waals surface area contributed by atoms with E-state index in [1.807, 2.05) is 0 Å². The van der Waals surface area contributed by atoms with Crippen molar-refractivity contribution in [2.45, 2.75) is 0 Å². The molecule has 27 heavy (non-hydrogen) atoms. The van der Waals surface area contributed by atoms with Crippen molar-refractivity contribution in [3.05, 3.63) is 81.7 Å². The van der Waals surface area contributed by atoms with E-state index in [0.717, 1.165) is 16.8 Å². The SMILES string of the molecule is O=C(CNc1cnn(-c2ccccc2)c(=O)c1Cl)Nc1ccc(F)c(F)c1. The summed E-state index contributed by atoms with van der Waals surface area (Å²) in [6.07, 6.45) is 1.32. The zero-order chi connectivity index (χ0) is 19.4. The van der Waals surface area contributed by atoms with E-state index in [1.54, 1.807) is 30.3 Å². The van der Waals surface area contributed by atoms with Crippen LogP contribution in [0.25, 0.3) is 5.69 Å². The zero-order valence-electron chi connectivity index (χ0n) is 13.7. The fraction of sp³-hybridized carbons (Fsp3) is 0.0556. The van der Waals surface area contributed by atoms with Gasteiger partial charge in [-0.3, -0.25) is 9.59 Å². The van der Waals surface area contributed by atoms with Crippen LogP contribution in [-0.4, -0.2) is 22.2 Å². The van der Waals surface area contributed by atoms with Gasteiger partial charge in [-0.25, -0.2) is 8.78 Å². The first kappa shape index (κ1) is 18.5. The topological polar surface area (TPSA) is 76.0 Å². The summed E-state index contributed by atoms with van der Waals surface area (Å²) in [5.41, 5.74) is 0.277. The van der Waals surface area contributed by atoms with Crippen LogP contribution in [0.1, 0.15) is 0 Å². The Morgan fingerprint density at radius 1 is 1.11 bits per heavy atom. The van der Waals surface area contributed by atoms with Crippen molar-refractivity contribution < 1.29 is 13.6 Å². The Bertz CT molecular complexity index is 1040. The number of carbonyl (C=O) groups excluding carboxylic acids is 1. The summed E-state index contributed by atoms with van der Waals surface area (Å²) < 4.78 is 27.2. The molecule has 6 nitrogen and oxygen atoms in total. The van der Waals surface area contributed by atoms with Gasteiger partial charge in [-0.1, -0.05) is 29.8 Å². The van der Waals surface area contributed by atoms with Crippen LogP contribution in [0.15, 0.2) is 59.5 Å².